The first-order valence-corrected chi connectivity index (χ1v) is 10.3. The molecule has 2 aromatic rings. The van der Waals surface area contributed by atoms with Gasteiger partial charge in [0, 0.05) is 26.1 Å². The van der Waals surface area contributed by atoms with Crippen LogP contribution >= 0.6 is 0 Å². The van der Waals surface area contributed by atoms with E-state index < -0.39 is 10.0 Å². The number of benzene rings is 2. The SMILES string of the molecule is CC(=O)NCc1cccc(Oc2ccc3c(c2)S(=O)(=O)NC2CCCN32)c1. The molecule has 27 heavy (non-hydrogen) atoms. The number of anilines is 1. The topological polar surface area (TPSA) is 87.7 Å². The predicted octanol–water partition coefficient (Wildman–Crippen LogP) is 2.33. The molecule has 142 valence electrons. The lowest BCUT2D eigenvalue weighted by Crippen LogP contribution is -2.48. The number of rotatable bonds is 4. The van der Waals surface area contributed by atoms with Gasteiger partial charge in [-0.3, -0.25) is 4.79 Å². The summed E-state index contributed by atoms with van der Waals surface area (Å²) in [4.78, 5) is 13.4. The molecule has 1 unspecified atom stereocenters. The van der Waals surface area contributed by atoms with Crippen LogP contribution in [0.25, 0.3) is 0 Å². The summed E-state index contributed by atoms with van der Waals surface area (Å²) < 4.78 is 33.8. The van der Waals surface area contributed by atoms with E-state index in [4.69, 9.17) is 4.74 Å². The number of nitrogens with zero attached hydrogens (tertiary/aromatic N) is 1. The fourth-order valence-electron chi connectivity index (χ4n) is 3.51. The molecule has 8 heteroatoms. The Morgan fingerprint density at radius 3 is 2.89 bits per heavy atom. The Bertz CT molecular complexity index is 990. The van der Waals surface area contributed by atoms with Crippen LogP contribution in [0.1, 0.15) is 25.3 Å². The van der Waals surface area contributed by atoms with Gasteiger partial charge in [-0.25, -0.2) is 8.42 Å². The average Bonchev–Trinajstić information content (AvgIpc) is 3.08. The minimum Gasteiger partial charge on any atom is -0.457 e. The third-order valence-corrected chi connectivity index (χ3v) is 6.24. The molecule has 0 aliphatic carbocycles. The maximum absolute atomic E-state index is 12.6. The Labute approximate surface area is 158 Å². The van der Waals surface area contributed by atoms with E-state index in [1.54, 1.807) is 18.2 Å². The number of fused-ring (bicyclic) bond motifs is 3. The van der Waals surface area contributed by atoms with Crippen LogP contribution in [0.15, 0.2) is 47.4 Å². The molecule has 2 N–H and O–H groups in total. The molecule has 0 radical (unpaired) electrons. The summed E-state index contributed by atoms with van der Waals surface area (Å²) in [7, 11) is -3.56. The highest BCUT2D eigenvalue weighted by molar-refractivity contribution is 7.89. The second kappa shape index (κ2) is 6.86. The minimum atomic E-state index is -3.56. The molecular formula is C19H21N3O4S. The fraction of sp³-hybridized carbons (Fsp3) is 0.316. The van der Waals surface area contributed by atoms with Gasteiger partial charge in [-0.2, -0.15) is 4.72 Å². The molecule has 1 atom stereocenters. The summed E-state index contributed by atoms with van der Waals surface area (Å²) in [6.45, 7) is 2.71. The van der Waals surface area contributed by atoms with Crippen molar-refractivity contribution in [2.45, 2.75) is 37.4 Å². The van der Waals surface area contributed by atoms with Crippen LogP contribution in [-0.2, 0) is 21.4 Å². The lowest BCUT2D eigenvalue weighted by molar-refractivity contribution is -0.119. The zero-order valence-electron chi connectivity index (χ0n) is 14.9. The molecule has 2 heterocycles. The van der Waals surface area contributed by atoms with Gasteiger partial charge in [-0.1, -0.05) is 12.1 Å². The Hall–Kier alpha value is -2.58. The number of ether oxygens (including phenoxy) is 1. The van der Waals surface area contributed by atoms with E-state index in [0.717, 1.165) is 30.6 Å². The van der Waals surface area contributed by atoms with Gasteiger partial charge in [0.2, 0.25) is 15.9 Å². The van der Waals surface area contributed by atoms with Crippen LogP contribution in [0.4, 0.5) is 5.69 Å². The first-order chi connectivity index (χ1) is 12.9. The van der Waals surface area contributed by atoms with Gasteiger partial charge < -0.3 is 15.0 Å². The van der Waals surface area contributed by atoms with E-state index >= 15 is 0 Å². The maximum atomic E-state index is 12.6. The zero-order chi connectivity index (χ0) is 19.0. The highest BCUT2D eigenvalue weighted by Gasteiger charge is 2.37. The van der Waals surface area contributed by atoms with Crippen molar-refractivity contribution in [2.75, 3.05) is 11.4 Å². The lowest BCUT2D eigenvalue weighted by atomic mass is 10.2. The Morgan fingerprint density at radius 2 is 2.07 bits per heavy atom. The van der Waals surface area contributed by atoms with Gasteiger partial charge in [0.15, 0.2) is 0 Å². The van der Waals surface area contributed by atoms with Crippen LogP contribution in [0, 0.1) is 0 Å². The van der Waals surface area contributed by atoms with Crippen molar-refractivity contribution in [1.29, 1.82) is 0 Å². The highest BCUT2D eigenvalue weighted by Crippen LogP contribution is 2.38. The number of carbonyl (C=O) groups excluding carboxylic acids is 1. The smallest absolute Gasteiger partial charge is 0.244 e. The number of sulfonamides is 1. The van der Waals surface area contributed by atoms with E-state index in [1.165, 1.54) is 6.92 Å². The van der Waals surface area contributed by atoms with Gasteiger partial charge in [0.05, 0.1) is 11.9 Å². The molecule has 7 nitrogen and oxygen atoms in total. The van der Waals surface area contributed by atoms with E-state index in [2.05, 4.69) is 14.9 Å². The largest absolute Gasteiger partial charge is 0.457 e. The molecule has 0 aromatic heterocycles. The van der Waals surface area contributed by atoms with Crippen molar-refractivity contribution in [1.82, 2.24) is 10.0 Å². The minimum absolute atomic E-state index is 0.103. The van der Waals surface area contributed by atoms with Crippen LogP contribution in [0.3, 0.4) is 0 Å². The molecule has 2 aliphatic heterocycles. The third-order valence-electron chi connectivity index (χ3n) is 4.75. The number of hydrogen-bond acceptors (Lipinski definition) is 5. The summed E-state index contributed by atoms with van der Waals surface area (Å²) in [5.74, 6) is 0.931. The molecule has 1 fully saturated rings. The predicted molar refractivity (Wildman–Crippen MR) is 101 cm³/mol. The molecule has 2 aromatic carbocycles. The fourth-order valence-corrected chi connectivity index (χ4v) is 4.97. The van der Waals surface area contributed by atoms with Crippen LogP contribution in [-0.4, -0.2) is 27.0 Å². The number of nitrogens with one attached hydrogen (secondary N) is 2. The van der Waals surface area contributed by atoms with Crippen molar-refractivity contribution >= 4 is 21.6 Å². The highest BCUT2D eigenvalue weighted by atomic mass is 32.2. The Morgan fingerprint density at radius 1 is 1.26 bits per heavy atom. The second-order valence-electron chi connectivity index (χ2n) is 6.76. The van der Waals surface area contributed by atoms with E-state index in [0.29, 0.717) is 18.0 Å². The first kappa shape index (κ1) is 17.8. The lowest BCUT2D eigenvalue weighted by Gasteiger charge is -2.33. The van der Waals surface area contributed by atoms with Crippen LogP contribution in [0.5, 0.6) is 11.5 Å². The quantitative estimate of drug-likeness (QED) is 0.841. The molecular weight excluding hydrogens is 366 g/mol. The van der Waals surface area contributed by atoms with Crippen molar-refractivity contribution < 1.29 is 17.9 Å². The number of carbonyl (C=O) groups is 1. The molecule has 1 amide bonds. The molecule has 4 rings (SSSR count). The summed E-state index contributed by atoms with van der Waals surface area (Å²) in [6.07, 6.45) is 1.63. The molecule has 0 spiro atoms. The molecule has 0 bridgehead atoms. The van der Waals surface area contributed by atoms with Crippen LogP contribution < -0.4 is 19.7 Å². The summed E-state index contributed by atoms with van der Waals surface area (Å²) in [5, 5.41) is 2.74. The standard InChI is InChI=1S/C19H21N3O4S/c1-13(23)20-12-14-4-2-5-15(10-14)26-16-7-8-17-18(11-16)27(24,25)21-19-6-3-9-22(17)19/h2,4-5,7-8,10-11,19,21H,3,6,9,12H2,1H3,(H,20,23). The van der Waals surface area contributed by atoms with Crippen LogP contribution in [0.2, 0.25) is 0 Å². The third kappa shape index (κ3) is 3.63. The first-order valence-electron chi connectivity index (χ1n) is 8.87. The van der Waals surface area contributed by atoms with Crippen molar-refractivity contribution in [3.05, 3.63) is 48.0 Å². The van der Waals surface area contributed by atoms with E-state index in [-0.39, 0.29) is 17.0 Å². The normalized spacial score (nSPS) is 19.9. The summed E-state index contributed by atoms with van der Waals surface area (Å²) in [5.41, 5.74) is 1.62. The number of amides is 1. The summed E-state index contributed by atoms with van der Waals surface area (Å²) >= 11 is 0. The van der Waals surface area contributed by atoms with E-state index in [1.807, 2.05) is 24.3 Å². The van der Waals surface area contributed by atoms with E-state index in [9.17, 15) is 13.2 Å². The van der Waals surface area contributed by atoms with Crippen molar-refractivity contribution in [3.63, 3.8) is 0 Å². The average molecular weight is 387 g/mol. The molecule has 0 saturated carbocycles. The van der Waals surface area contributed by atoms with Gasteiger partial charge in [-0.15, -0.1) is 0 Å². The molecule has 2 aliphatic rings. The van der Waals surface area contributed by atoms with Gasteiger partial charge in [-0.05, 0) is 42.7 Å². The second-order valence-corrected chi connectivity index (χ2v) is 8.44. The Balaban J connectivity index is 1.60. The van der Waals surface area contributed by atoms with Crippen molar-refractivity contribution in [3.8, 4) is 11.5 Å². The zero-order valence-corrected chi connectivity index (χ0v) is 15.8. The van der Waals surface area contributed by atoms with Gasteiger partial charge in [0.25, 0.3) is 0 Å². The van der Waals surface area contributed by atoms with Crippen molar-refractivity contribution in [2.24, 2.45) is 0 Å². The Kier molecular flexibility index (Phi) is 4.53. The van der Waals surface area contributed by atoms with Gasteiger partial charge >= 0.3 is 0 Å². The molecule has 1 saturated heterocycles. The maximum Gasteiger partial charge on any atom is 0.244 e. The monoisotopic (exact) mass is 387 g/mol. The number of hydrogen-bond donors (Lipinski definition) is 2. The van der Waals surface area contributed by atoms with Gasteiger partial charge in [0.1, 0.15) is 16.4 Å². The summed E-state index contributed by atoms with van der Waals surface area (Å²) in [6, 6.07) is 12.5.